The highest BCUT2D eigenvalue weighted by Gasteiger charge is 2.40. The predicted molar refractivity (Wildman–Crippen MR) is 93.9 cm³/mol. The number of rotatable bonds is 5. The minimum Gasteiger partial charge on any atom is -0.379 e. The second-order valence-corrected chi connectivity index (χ2v) is 6.79. The standard InChI is InChI=1S/C15H29N3O2.2ClH/c1-14(2,18-7-9-20-10-8-18)12-17-13(19)15(11-16)5-3-4-6-15;;/h3-12,16H2,1-2H3,(H,17,19);2*1H. The topological polar surface area (TPSA) is 67.6 Å². The number of morpholine rings is 1. The van der Waals surface area contributed by atoms with Crippen molar-refractivity contribution < 1.29 is 9.53 Å². The molecular weight excluding hydrogens is 325 g/mol. The van der Waals surface area contributed by atoms with Crippen LogP contribution in [0.2, 0.25) is 0 Å². The van der Waals surface area contributed by atoms with E-state index in [2.05, 4.69) is 24.1 Å². The molecule has 0 radical (unpaired) electrons. The largest absolute Gasteiger partial charge is 0.379 e. The van der Waals surface area contributed by atoms with E-state index in [1.165, 1.54) is 0 Å². The van der Waals surface area contributed by atoms with E-state index in [1.54, 1.807) is 0 Å². The van der Waals surface area contributed by atoms with E-state index in [9.17, 15) is 4.79 Å². The van der Waals surface area contributed by atoms with Gasteiger partial charge in [-0.15, -0.1) is 24.8 Å². The minimum absolute atomic E-state index is 0. The summed E-state index contributed by atoms with van der Waals surface area (Å²) in [5.74, 6) is 0.152. The number of nitrogens with two attached hydrogens (primary N) is 1. The molecule has 0 unspecified atom stereocenters. The van der Waals surface area contributed by atoms with Crippen molar-refractivity contribution in [3.63, 3.8) is 0 Å². The SMILES string of the molecule is CC(C)(CNC(=O)C1(CN)CCCC1)N1CCOCC1.Cl.Cl. The van der Waals surface area contributed by atoms with Crippen molar-refractivity contribution in [3.05, 3.63) is 0 Å². The third kappa shape index (κ3) is 4.96. The molecule has 0 bridgehead atoms. The molecule has 1 saturated heterocycles. The van der Waals surface area contributed by atoms with E-state index in [-0.39, 0.29) is 41.7 Å². The zero-order valence-electron chi connectivity index (χ0n) is 13.7. The predicted octanol–water partition coefficient (Wildman–Crippen LogP) is 1.58. The number of hydrogen-bond donors (Lipinski definition) is 2. The van der Waals surface area contributed by atoms with Crippen molar-refractivity contribution in [1.82, 2.24) is 10.2 Å². The Morgan fingerprint density at radius 3 is 2.27 bits per heavy atom. The van der Waals surface area contributed by atoms with E-state index < -0.39 is 0 Å². The van der Waals surface area contributed by atoms with Gasteiger partial charge in [-0.3, -0.25) is 9.69 Å². The van der Waals surface area contributed by atoms with Crippen LogP contribution in [0.5, 0.6) is 0 Å². The first-order valence-corrected chi connectivity index (χ1v) is 7.81. The Kier molecular flexibility index (Phi) is 9.25. The lowest BCUT2D eigenvalue weighted by molar-refractivity contribution is -0.131. The van der Waals surface area contributed by atoms with Gasteiger partial charge in [-0.25, -0.2) is 0 Å². The molecule has 0 atom stereocenters. The number of amides is 1. The smallest absolute Gasteiger partial charge is 0.227 e. The summed E-state index contributed by atoms with van der Waals surface area (Å²) in [6.07, 6.45) is 4.12. The summed E-state index contributed by atoms with van der Waals surface area (Å²) in [6, 6.07) is 0. The Morgan fingerprint density at radius 2 is 1.77 bits per heavy atom. The number of carbonyl (C=O) groups is 1. The molecule has 3 N–H and O–H groups in total. The van der Waals surface area contributed by atoms with Gasteiger partial charge in [0.05, 0.1) is 18.6 Å². The minimum atomic E-state index is -0.304. The normalized spacial score (nSPS) is 21.6. The molecule has 2 rings (SSSR count). The van der Waals surface area contributed by atoms with Crippen molar-refractivity contribution in [2.75, 3.05) is 39.4 Å². The van der Waals surface area contributed by atoms with Gasteiger partial charge < -0.3 is 15.8 Å². The molecule has 0 aromatic heterocycles. The summed E-state index contributed by atoms with van der Waals surface area (Å²) < 4.78 is 5.39. The molecular formula is C15H31Cl2N3O2. The maximum atomic E-state index is 12.5. The summed E-state index contributed by atoms with van der Waals surface area (Å²) in [5, 5.41) is 3.15. The van der Waals surface area contributed by atoms with Crippen LogP contribution in [0, 0.1) is 5.41 Å². The van der Waals surface area contributed by atoms with Crippen molar-refractivity contribution in [3.8, 4) is 0 Å². The zero-order valence-corrected chi connectivity index (χ0v) is 15.4. The maximum absolute atomic E-state index is 12.5. The van der Waals surface area contributed by atoms with Crippen LogP contribution in [0.15, 0.2) is 0 Å². The van der Waals surface area contributed by atoms with Crippen LogP contribution in [-0.2, 0) is 9.53 Å². The first-order valence-electron chi connectivity index (χ1n) is 7.81. The van der Waals surface area contributed by atoms with Gasteiger partial charge in [-0.2, -0.15) is 0 Å². The first-order chi connectivity index (χ1) is 9.50. The van der Waals surface area contributed by atoms with Crippen molar-refractivity contribution in [2.24, 2.45) is 11.1 Å². The van der Waals surface area contributed by atoms with Crippen LogP contribution in [0.3, 0.4) is 0 Å². The van der Waals surface area contributed by atoms with Gasteiger partial charge >= 0.3 is 0 Å². The Balaban J connectivity index is 0.00000220. The molecule has 22 heavy (non-hydrogen) atoms. The molecule has 132 valence electrons. The Bertz CT molecular complexity index is 342. The monoisotopic (exact) mass is 355 g/mol. The fourth-order valence-electron chi connectivity index (χ4n) is 3.34. The van der Waals surface area contributed by atoms with Gasteiger partial charge in [0.1, 0.15) is 0 Å². The zero-order chi connectivity index (χ0) is 14.6. The number of carbonyl (C=O) groups excluding carboxylic acids is 1. The molecule has 5 nitrogen and oxygen atoms in total. The number of nitrogens with zero attached hydrogens (tertiary/aromatic N) is 1. The van der Waals surface area contributed by atoms with Crippen LogP contribution in [0.25, 0.3) is 0 Å². The lowest BCUT2D eigenvalue weighted by Crippen LogP contribution is -2.57. The highest BCUT2D eigenvalue weighted by molar-refractivity contribution is 5.85. The molecule has 1 aliphatic carbocycles. The number of nitrogens with one attached hydrogen (secondary N) is 1. The second-order valence-electron chi connectivity index (χ2n) is 6.79. The van der Waals surface area contributed by atoms with Gasteiger partial charge in [-0.05, 0) is 26.7 Å². The molecule has 1 amide bonds. The molecule has 7 heteroatoms. The fourth-order valence-corrected chi connectivity index (χ4v) is 3.34. The van der Waals surface area contributed by atoms with Gasteiger partial charge in [0.25, 0.3) is 0 Å². The first kappa shape index (κ1) is 21.9. The highest BCUT2D eigenvalue weighted by atomic mass is 35.5. The third-order valence-electron chi connectivity index (χ3n) is 4.98. The number of halogens is 2. The Labute approximate surface area is 146 Å². The molecule has 2 fully saturated rings. The average Bonchev–Trinajstić information content (AvgIpc) is 2.96. The maximum Gasteiger partial charge on any atom is 0.227 e. The van der Waals surface area contributed by atoms with Gasteiger partial charge in [0.15, 0.2) is 0 Å². The Morgan fingerprint density at radius 1 is 1.23 bits per heavy atom. The molecule has 0 aromatic carbocycles. The van der Waals surface area contributed by atoms with Crippen LogP contribution >= 0.6 is 24.8 Å². The van der Waals surface area contributed by atoms with Crippen molar-refractivity contribution >= 4 is 30.7 Å². The quantitative estimate of drug-likeness (QED) is 0.785. The van der Waals surface area contributed by atoms with E-state index in [0.29, 0.717) is 13.1 Å². The van der Waals surface area contributed by atoms with Crippen LogP contribution < -0.4 is 11.1 Å². The van der Waals surface area contributed by atoms with Gasteiger partial charge in [-0.1, -0.05) is 12.8 Å². The van der Waals surface area contributed by atoms with Crippen molar-refractivity contribution in [1.29, 1.82) is 0 Å². The lowest BCUT2D eigenvalue weighted by Gasteiger charge is -2.41. The van der Waals surface area contributed by atoms with Gasteiger partial charge in [0.2, 0.25) is 5.91 Å². The van der Waals surface area contributed by atoms with E-state index >= 15 is 0 Å². The molecule has 1 aliphatic heterocycles. The van der Waals surface area contributed by atoms with Crippen LogP contribution in [0.1, 0.15) is 39.5 Å². The average molecular weight is 356 g/mol. The van der Waals surface area contributed by atoms with Crippen LogP contribution in [-0.4, -0.2) is 55.7 Å². The third-order valence-corrected chi connectivity index (χ3v) is 4.98. The molecule has 1 heterocycles. The number of hydrogen-bond acceptors (Lipinski definition) is 4. The van der Waals surface area contributed by atoms with Gasteiger partial charge in [0, 0.05) is 31.7 Å². The van der Waals surface area contributed by atoms with Crippen molar-refractivity contribution in [2.45, 2.75) is 45.1 Å². The Hall–Kier alpha value is -0.0700. The number of ether oxygens (including phenoxy) is 1. The summed E-state index contributed by atoms with van der Waals surface area (Å²) >= 11 is 0. The highest BCUT2D eigenvalue weighted by Crippen LogP contribution is 2.37. The summed E-state index contributed by atoms with van der Waals surface area (Å²) in [7, 11) is 0. The summed E-state index contributed by atoms with van der Waals surface area (Å²) in [6.45, 7) is 8.94. The molecule has 0 aromatic rings. The summed E-state index contributed by atoms with van der Waals surface area (Å²) in [5.41, 5.74) is 5.53. The molecule has 0 spiro atoms. The lowest BCUT2D eigenvalue weighted by atomic mass is 9.85. The fraction of sp³-hybridized carbons (Fsp3) is 0.933. The van der Waals surface area contributed by atoms with Crippen LogP contribution in [0.4, 0.5) is 0 Å². The second kappa shape index (κ2) is 9.28. The van der Waals surface area contributed by atoms with E-state index in [4.69, 9.17) is 10.5 Å². The van der Waals surface area contributed by atoms with E-state index in [0.717, 1.165) is 52.0 Å². The molecule has 1 saturated carbocycles. The van der Waals surface area contributed by atoms with E-state index in [1.807, 2.05) is 0 Å². The molecule has 2 aliphatic rings. The summed E-state index contributed by atoms with van der Waals surface area (Å²) in [4.78, 5) is 14.9.